The van der Waals surface area contributed by atoms with E-state index in [0.29, 0.717) is 34.9 Å². The number of nitrogens with zero attached hydrogens (tertiary/aromatic N) is 3. The van der Waals surface area contributed by atoms with Crippen molar-refractivity contribution in [3.05, 3.63) is 86.4 Å². The monoisotopic (exact) mass is 462 g/mol. The van der Waals surface area contributed by atoms with Crippen molar-refractivity contribution in [2.24, 2.45) is 0 Å². The quantitative estimate of drug-likeness (QED) is 0.486. The van der Waals surface area contributed by atoms with Crippen LogP contribution in [0.5, 0.6) is 11.5 Å². The molecule has 2 aliphatic heterocycles. The summed E-state index contributed by atoms with van der Waals surface area (Å²) in [5, 5.41) is 0.667. The van der Waals surface area contributed by atoms with E-state index in [2.05, 4.69) is 30.9 Å². The number of nitrogens with one attached hydrogen (secondary N) is 1. The van der Waals surface area contributed by atoms with Gasteiger partial charge in [-0.05, 0) is 45.8 Å². The van der Waals surface area contributed by atoms with Crippen molar-refractivity contribution in [3.8, 4) is 11.5 Å². The molecule has 30 heavy (non-hydrogen) atoms. The Labute approximate surface area is 179 Å². The van der Waals surface area contributed by atoms with E-state index in [9.17, 15) is 4.79 Å². The molecule has 6 rings (SSSR count). The second-order valence-electron chi connectivity index (χ2n) is 7.24. The highest BCUT2D eigenvalue weighted by Crippen LogP contribution is 2.42. The van der Waals surface area contributed by atoms with Gasteiger partial charge < -0.3 is 19.4 Å². The largest absolute Gasteiger partial charge is 0.454 e. The molecule has 1 atom stereocenters. The molecule has 0 fully saturated rings. The van der Waals surface area contributed by atoms with E-state index in [4.69, 9.17) is 9.47 Å². The summed E-state index contributed by atoms with van der Waals surface area (Å²) < 4.78 is 11.8. The van der Waals surface area contributed by atoms with Gasteiger partial charge in [-0.15, -0.1) is 0 Å². The Bertz CT molecular complexity index is 1350. The predicted octanol–water partition coefficient (Wildman–Crippen LogP) is 3.92. The maximum atomic E-state index is 13.5. The van der Waals surface area contributed by atoms with Crippen LogP contribution < -0.4 is 19.8 Å². The van der Waals surface area contributed by atoms with E-state index >= 15 is 0 Å². The van der Waals surface area contributed by atoms with Gasteiger partial charge in [0.2, 0.25) is 12.7 Å². The fourth-order valence-electron chi connectivity index (χ4n) is 4.20. The number of anilines is 1. The minimum atomic E-state index is -0.343. The molecule has 0 amide bonds. The summed E-state index contributed by atoms with van der Waals surface area (Å²) in [5.74, 6) is 1.93. The second-order valence-corrected chi connectivity index (χ2v) is 8.15. The smallest absolute Gasteiger partial charge is 0.231 e. The fraction of sp³-hybridized carbons (Fsp3) is 0.136. The van der Waals surface area contributed by atoms with Crippen LogP contribution in [-0.4, -0.2) is 21.7 Å². The van der Waals surface area contributed by atoms with Crippen molar-refractivity contribution >= 4 is 32.8 Å². The van der Waals surface area contributed by atoms with Crippen LogP contribution in [0, 0.1) is 0 Å². The molecule has 2 aromatic carbocycles. The van der Waals surface area contributed by atoms with Gasteiger partial charge >= 0.3 is 0 Å². The van der Waals surface area contributed by atoms with E-state index < -0.39 is 0 Å². The molecule has 1 N–H and O–H groups in total. The van der Waals surface area contributed by atoms with Crippen LogP contribution in [0.2, 0.25) is 0 Å². The molecule has 2 aromatic heterocycles. The molecule has 7 nitrogen and oxygen atoms in total. The standard InChI is InChI=1S/C22H15BrN4O3/c23-13-8-24-22(25-9-13)27-10-16-19(21(28)14-3-1-2-4-15(14)26-16)20(27)12-5-6-17-18(7-12)30-11-29-17/h1-9,20H,10-11H2,(H,26,28). The second kappa shape index (κ2) is 6.56. The summed E-state index contributed by atoms with van der Waals surface area (Å²) >= 11 is 3.39. The number of halogens is 1. The molecule has 148 valence electrons. The van der Waals surface area contributed by atoms with Crippen molar-refractivity contribution in [2.45, 2.75) is 12.6 Å². The van der Waals surface area contributed by atoms with Crippen LogP contribution in [0.25, 0.3) is 10.9 Å². The number of aromatic amines is 1. The first-order chi connectivity index (χ1) is 14.7. The van der Waals surface area contributed by atoms with Gasteiger partial charge in [-0.1, -0.05) is 18.2 Å². The molecule has 1 unspecified atom stereocenters. The van der Waals surface area contributed by atoms with Crippen molar-refractivity contribution in [3.63, 3.8) is 0 Å². The first kappa shape index (κ1) is 17.5. The van der Waals surface area contributed by atoms with E-state index in [0.717, 1.165) is 21.2 Å². The number of hydrogen-bond acceptors (Lipinski definition) is 6. The van der Waals surface area contributed by atoms with Gasteiger partial charge in [-0.25, -0.2) is 9.97 Å². The molecule has 2 aliphatic rings. The highest BCUT2D eigenvalue weighted by atomic mass is 79.9. The summed E-state index contributed by atoms with van der Waals surface area (Å²) in [6.45, 7) is 0.695. The lowest BCUT2D eigenvalue weighted by Crippen LogP contribution is -2.26. The van der Waals surface area contributed by atoms with E-state index in [-0.39, 0.29) is 18.3 Å². The molecule has 0 radical (unpaired) electrons. The summed E-state index contributed by atoms with van der Waals surface area (Å²) in [7, 11) is 0. The number of rotatable bonds is 2. The molecule has 0 saturated carbocycles. The average molecular weight is 463 g/mol. The molecule has 0 aliphatic carbocycles. The van der Waals surface area contributed by atoms with Crippen molar-refractivity contribution in [1.29, 1.82) is 0 Å². The molecule has 4 heterocycles. The maximum Gasteiger partial charge on any atom is 0.231 e. The van der Waals surface area contributed by atoms with Gasteiger partial charge in [-0.3, -0.25) is 4.79 Å². The van der Waals surface area contributed by atoms with E-state index in [1.807, 2.05) is 47.4 Å². The van der Waals surface area contributed by atoms with Gasteiger partial charge in [0.25, 0.3) is 0 Å². The number of fused-ring (bicyclic) bond motifs is 3. The zero-order chi connectivity index (χ0) is 20.2. The van der Waals surface area contributed by atoms with Crippen LogP contribution in [0.4, 0.5) is 5.95 Å². The zero-order valence-electron chi connectivity index (χ0n) is 15.6. The zero-order valence-corrected chi connectivity index (χ0v) is 17.2. The summed E-state index contributed by atoms with van der Waals surface area (Å²) in [6.07, 6.45) is 3.42. The van der Waals surface area contributed by atoms with Gasteiger partial charge in [0.15, 0.2) is 16.9 Å². The van der Waals surface area contributed by atoms with Crippen molar-refractivity contribution in [2.75, 3.05) is 11.7 Å². The van der Waals surface area contributed by atoms with Gasteiger partial charge in [0.05, 0.1) is 17.1 Å². The number of ether oxygens (including phenoxy) is 2. The number of benzene rings is 2. The van der Waals surface area contributed by atoms with Crippen LogP contribution >= 0.6 is 15.9 Å². The molecule has 0 saturated heterocycles. The van der Waals surface area contributed by atoms with Gasteiger partial charge in [-0.2, -0.15) is 0 Å². The Hall–Kier alpha value is -3.39. The Morgan fingerprint density at radius 2 is 1.87 bits per heavy atom. The fourth-order valence-corrected chi connectivity index (χ4v) is 4.41. The van der Waals surface area contributed by atoms with Crippen LogP contribution in [0.1, 0.15) is 22.9 Å². The van der Waals surface area contributed by atoms with Crippen molar-refractivity contribution < 1.29 is 9.47 Å². The number of hydrogen-bond donors (Lipinski definition) is 1. The Morgan fingerprint density at radius 1 is 1.07 bits per heavy atom. The molecular formula is C22H15BrN4O3. The van der Waals surface area contributed by atoms with Gasteiger partial charge in [0, 0.05) is 34.6 Å². The van der Waals surface area contributed by atoms with Crippen LogP contribution in [0.3, 0.4) is 0 Å². The van der Waals surface area contributed by atoms with E-state index in [1.54, 1.807) is 12.4 Å². The summed E-state index contributed by atoms with van der Waals surface area (Å²) in [5.41, 5.74) is 3.34. The normalized spacial score (nSPS) is 16.8. The lowest BCUT2D eigenvalue weighted by atomic mass is 9.97. The summed E-state index contributed by atoms with van der Waals surface area (Å²) in [6, 6.07) is 13.0. The van der Waals surface area contributed by atoms with Gasteiger partial charge in [0.1, 0.15) is 0 Å². The molecule has 4 aromatic rings. The number of pyridine rings is 1. The Morgan fingerprint density at radius 3 is 2.73 bits per heavy atom. The number of aromatic nitrogens is 3. The van der Waals surface area contributed by atoms with Crippen LogP contribution in [0.15, 0.2) is 64.1 Å². The lowest BCUT2D eigenvalue weighted by Gasteiger charge is -2.25. The first-order valence-corrected chi connectivity index (χ1v) is 10.3. The molecule has 0 bridgehead atoms. The van der Waals surface area contributed by atoms with Crippen LogP contribution in [-0.2, 0) is 6.54 Å². The third-order valence-corrected chi connectivity index (χ3v) is 5.93. The average Bonchev–Trinajstić information content (AvgIpc) is 3.38. The Kier molecular flexibility index (Phi) is 3.82. The third kappa shape index (κ3) is 2.60. The maximum absolute atomic E-state index is 13.5. The third-order valence-electron chi connectivity index (χ3n) is 5.52. The first-order valence-electron chi connectivity index (χ1n) is 9.46. The number of H-pyrrole nitrogens is 1. The minimum absolute atomic E-state index is 0.0154. The molecule has 8 heteroatoms. The summed E-state index contributed by atoms with van der Waals surface area (Å²) in [4.78, 5) is 28.0. The van der Waals surface area contributed by atoms with Crippen molar-refractivity contribution in [1.82, 2.24) is 15.0 Å². The Balaban J connectivity index is 1.58. The van der Waals surface area contributed by atoms with E-state index in [1.165, 1.54) is 0 Å². The highest BCUT2D eigenvalue weighted by molar-refractivity contribution is 9.10. The molecular weight excluding hydrogens is 448 g/mol. The molecule has 0 spiro atoms. The predicted molar refractivity (Wildman–Crippen MR) is 115 cm³/mol. The SMILES string of the molecule is O=c1c2c([nH]c3ccccc13)CN(c1ncc(Br)cn1)C2c1ccc2c(c1)OCO2. The highest BCUT2D eigenvalue weighted by Gasteiger charge is 2.37. The number of para-hydroxylation sites is 1. The lowest BCUT2D eigenvalue weighted by molar-refractivity contribution is 0.174. The minimum Gasteiger partial charge on any atom is -0.454 e. The topological polar surface area (TPSA) is 80.3 Å².